The van der Waals surface area contributed by atoms with Crippen LogP contribution in [0, 0.1) is 5.92 Å². The highest BCUT2D eigenvalue weighted by Gasteiger charge is 2.12. The molecule has 1 aromatic rings. The molecule has 0 heterocycles. The summed E-state index contributed by atoms with van der Waals surface area (Å²) in [6.07, 6.45) is 7.91. The number of carbonyl (C=O) groups is 1. The molecule has 3 nitrogen and oxygen atoms in total. The molecular weight excluding hydrogens is 283 g/mol. The zero-order valence-electron chi connectivity index (χ0n) is 10.5. The van der Waals surface area contributed by atoms with Crippen LogP contribution in [0.2, 0.25) is 10.0 Å². The van der Waals surface area contributed by atoms with Gasteiger partial charge in [0.2, 0.25) is 0 Å². The van der Waals surface area contributed by atoms with Crippen molar-refractivity contribution in [3.05, 3.63) is 33.8 Å². The van der Waals surface area contributed by atoms with Crippen LogP contribution in [0.4, 0.5) is 0 Å². The van der Waals surface area contributed by atoms with Crippen LogP contribution in [0.5, 0.6) is 0 Å². The largest absolute Gasteiger partial charge is 0.272 e. The second-order valence-electron chi connectivity index (χ2n) is 4.74. The van der Waals surface area contributed by atoms with Crippen molar-refractivity contribution in [3.63, 3.8) is 0 Å². The molecule has 1 amide bonds. The van der Waals surface area contributed by atoms with Gasteiger partial charge in [0.15, 0.2) is 0 Å². The summed E-state index contributed by atoms with van der Waals surface area (Å²) in [6.45, 7) is 0. The topological polar surface area (TPSA) is 41.5 Å². The van der Waals surface area contributed by atoms with Gasteiger partial charge in [0.25, 0.3) is 5.91 Å². The van der Waals surface area contributed by atoms with E-state index >= 15 is 0 Å². The van der Waals surface area contributed by atoms with E-state index in [2.05, 4.69) is 10.5 Å². The predicted molar refractivity (Wildman–Crippen MR) is 79.0 cm³/mol. The summed E-state index contributed by atoms with van der Waals surface area (Å²) in [5.74, 6) is 0.142. The molecule has 19 heavy (non-hydrogen) atoms. The molecule has 0 saturated heterocycles. The lowest BCUT2D eigenvalue weighted by molar-refractivity contribution is 0.0955. The zero-order valence-corrected chi connectivity index (χ0v) is 12.0. The number of nitrogens with zero attached hydrogens (tertiary/aromatic N) is 1. The van der Waals surface area contributed by atoms with Crippen molar-refractivity contribution in [1.82, 2.24) is 5.43 Å². The van der Waals surface area contributed by atoms with E-state index in [0.29, 0.717) is 21.5 Å². The summed E-state index contributed by atoms with van der Waals surface area (Å²) in [4.78, 5) is 11.9. The lowest BCUT2D eigenvalue weighted by atomic mass is 9.90. The molecule has 1 aliphatic carbocycles. The number of amides is 1. The van der Waals surface area contributed by atoms with Crippen molar-refractivity contribution in [2.75, 3.05) is 0 Å². The summed E-state index contributed by atoms with van der Waals surface area (Å²) in [5, 5.41) is 4.86. The maximum absolute atomic E-state index is 11.9. The van der Waals surface area contributed by atoms with Gasteiger partial charge in [-0.3, -0.25) is 4.79 Å². The smallest absolute Gasteiger partial charge is 0.267 e. The van der Waals surface area contributed by atoms with E-state index in [1.54, 1.807) is 12.1 Å². The number of hydrogen-bond acceptors (Lipinski definition) is 2. The van der Waals surface area contributed by atoms with Crippen LogP contribution >= 0.6 is 23.2 Å². The van der Waals surface area contributed by atoms with Crippen molar-refractivity contribution in [2.45, 2.75) is 32.1 Å². The van der Waals surface area contributed by atoms with E-state index < -0.39 is 0 Å². The molecule has 1 fully saturated rings. The van der Waals surface area contributed by atoms with Crippen LogP contribution in [0.1, 0.15) is 42.5 Å². The lowest BCUT2D eigenvalue weighted by Crippen LogP contribution is -2.19. The van der Waals surface area contributed by atoms with Gasteiger partial charge in [-0.05, 0) is 37.0 Å². The van der Waals surface area contributed by atoms with Gasteiger partial charge in [-0.2, -0.15) is 5.10 Å². The van der Waals surface area contributed by atoms with Gasteiger partial charge in [-0.25, -0.2) is 5.43 Å². The monoisotopic (exact) mass is 298 g/mol. The Morgan fingerprint density at radius 3 is 2.74 bits per heavy atom. The third kappa shape index (κ3) is 4.22. The van der Waals surface area contributed by atoms with E-state index in [9.17, 15) is 4.79 Å². The molecule has 2 rings (SSSR count). The number of halogens is 2. The second kappa shape index (κ2) is 6.92. The number of nitrogens with one attached hydrogen (secondary N) is 1. The van der Waals surface area contributed by atoms with Gasteiger partial charge in [-0.15, -0.1) is 0 Å². The second-order valence-corrected chi connectivity index (χ2v) is 5.58. The van der Waals surface area contributed by atoms with Gasteiger partial charge in [-0.1, -0.05) is 42.5 Å². The summed E-state index contributed by atoms with van der Waals surface area (Å²) < 4.78 is 0. The highest BCUT2D eigenvalue weighted by Crippen LogP contribution is 2.22. The average Bonchev–Trinajstić information content (AvgIpc) is 2.42. The summed E-state index contributed by atoms with van der Waals surface area (Å²) >= 11 is 11.8. The van der Waals surface area contributed by atoms with Gasteiger partial charge < -0.3 is 0 Å². The highest BCUT2D eigenvalue weighted by atomic mass is 35.5. The molecule has 0 aromatic heterocycles. The zero-order chi connectivity index (χ0) is 13.7. The van der Waals surface area contributed by atoms with Crippen molar-refractivity contribution in [1.29, 1.82) is 0 Å². The van der Waals surface area contributed by atoms with Crippen LogP contribution in [-0.2, 0) is 0 Å². The average molecular weight is 299 g/mol. The van der Waals surface area contributed by atoms with Gasteiger partial charge in [0.1, 0.15) is 0 Å². The number of hydrazone groups is 1. The quantitative estimate of drug-likeness (QED) is 0.656. The molecule has 1 N–H and O–H groups in total. The summed E-state index contributed by atoms with van der Waals surface area (Å²) in [6, 6.07) is 4.78. The fourth-order valence-electron chi connectivity index (χ4n) is 2.22. The van der Waals surface area contributed by atoms with Crippen molar-refractivity contribution in [2.24, 2.45) is 11.0 Å². The Balaban J connectivity index is 1.93. The molecule has 0 atom stereocenters. The Kier molecular flexibility index (Phi) is 5.23. The van der Waals surface area contributed by atoms with Crippen molar-refractivity contribution in [3.8, 4) is 0 Å². The molecular formula is C14H16Cl2N2O. The van der Waals surface area contributed by atoms with Gasteiger partial charge in [0, 0.05) is 11.2 Å². The molecule has 1 aromatic carbocycles. The standard InChI is InChI=1S/C14H16Cl2N2O/c15-11-6-7-13(16)12(8-11)14(19)18-17-9-10-4-2-1-3-5-10/h6-10H,1-5H2,(H,18,19)/b17-9-. The van der Waals surface area contributed by atoms with E-state index in [0.717, 1.165) is 12.8 Å². The van der Waals surface area contributed by atoms with Crippen LogP contribution in [-0.4, -0.2) is 12.1 Å². The Morgan fingerprint density at radius 1 is 1.26 bits per heavy atom. The first-order chi connectivity index (χ1) is 9.16. The molecule has 0 unspecified atom stereocenters. The van der Waals surface area contributed by atoms with Gasteiger partial charge in [0.05, 0.1) is 10.6 Å². The number of hydrogen-bond donors (Lipinski definition) is 1. The van der Waals surface area contributed by atoms with Crippen molar-refractivity contribution < 1.29 is 4.79 Å². The summed E-state index contributed by atoms with van der Waals surface area (Å²) in [5.41, 5.74) is 2.84. The molecule has 0 radical (unpaired) electrons. The van der Waals surface area contributed by atoms with E-state index in [1.807, 2.05) is 6.21 Å². The van der Waals surface area contributed by atoms with Crippen LogP contribution < -0.4 is 5.43 Å². The van der Waals surface area contributed by atoms with E-state index in [-0.39, 0.29) is 5.91 Å². The minimum Gasteiger partial charge on any atom is -0.267 e. The minimum absolute atomic E-state index is 0.334. The number of rotatable bonds is 3. The third-order valence-corrected chi connectivity index (χ3v) is 3.84. The Morgan fingerprint density at radius 2 is 2.00 bits per heavy atom. The van der Waals surface area contributed by atoms with Crippen molar-refractivity contribution >= 4 is 35.3 Å². The molecule has 1 saturated carbocycles. The Bertz CT molecular complexity index is 482. The van der Waals surface area contributed by atoms with Crippen LogP contribution in [0.25, 0.3) is 0 Å². The van der Waals surface area contributed by atoms with E-state index in [4.69, 9.17) is 23.2 Å². The van der Waals surface area contributed by atoms with Crippen LogP contribution in [0.15, 0.2) is 23.3 Å². The lowest BCUT2D eigenvalue weighted by Gasteiger charge is -2.16. The van der Waals surface area contributed by atoms with E-state index in [1.165, 1.54) is 25.3 Å². The Labute approximate surface area is 123 Å². The number of benzene rings is 1. The first-order valence-corrected chi connectivity index (χ1v) is 7.21. The number of carbonyl (C=O) groups excluding carboxylic acids is 1. The fourth-order valence-corrected chi connectivity index (χ4v) is 2.59. The third-order valence-electron chi connectivity index (χ3n) is 3.27. The molecule has 102 valence electrons. The normalized spacial score (nSPS) is 16.7. The molecule has 0 spiro atoms. The van der Waals surface area contributed by atoms with Gasteiger partial charge >= 0.3 is 0 Å². The first kappa shape index (κ1) is 14.4. The Hall–Kier alpha value is -1.06. The SMILES string of the molecule is O=C(N/N=C\C1CCCCC1)c1cc(Cl)ccc1Cl. The minimum atomic E-state index is -0.334. The molecule has 1 aliphatic rings. The molecule has 0 bridgehead atoms. The maximum atomic E-state index is 11.9. The molecule has 0 aliphatic heterocycles. The fraction of sp³-hybridized carbons (Fsp3) is 0.429. The maximum Gasteiger partial charge on any atom is 0.272 e. The predicted octanol–water partition coefficient (Wildman–Crippen LogP) is 4.29. The molecule has 5 heteroatoms. The first-order valence-electron chi connectivity index (χ1n) is 6.45. The highest BCUT2D eigenvalue weighted by molar-refractivity contribution is 6.35. The summed E-state index contributed by atoms with van der Waals surface area (Å²) in [7, 11) is 0. The van der Waals surface area contributed by atoms with Crippen LogP contribution in [0.3, 0.4) is 0 Å².